The van der Waals surface area contributed by atoms with E-state index >= 15 is 0 Å². The van der Waals surface area contributed by atoms with Crippen LogP contribution >= 0.6 is 0 Å². The Hall–Kier alpha value is -1.54. The van der Waals surface area contributed by atoms with E-state index in [9.17, 15) is 30.3 Å². The SMILES string of the molecule is CCOC(C)(C)ON=C1[C@H](C)C[C@@](C)(O)[C@H](O[C@@H]2O[C@H](C)C[C@H](N(C)C)[C@H]2O)[C@@H](C)[C@H](O[C@H]2C[C@@](C)(OC)[C@@H](O)[C@H](C)O2)[C@@H](C)C(=O)O[C@H](CC)[C@@](C)(O)[C@H](O)[C@H]1C. The highest BCUT2D eigenvalue weighted by Crippen LogP contribution is 2.41. The van der Waals surface area contributed by atoms with Crippen molar-refractivity contribution in [3.8, 4) is 0 Å². The van der Waals surface area contributed by atoms with Gasteiger partial charge in [0.1, 0.15) is 23.9 Å². The second-order valence-corrected chi connectivity index (χ2v) is 18.5. The van der Waals surface area contributed by atoms with Gasteiger partial charge >= 0.3 is 5.97 Å². The summed E-state index contributed by atoms with van der Waals surface area (Å²) in [5.41, 5.74) is -4.48. The number of likely N-dealkylation sites (N-methyl/N-ethyl adjacent to an activating group) is 1. The molecule has 3 aliphatic heterocycles. The van der Waals surface area contributed by atoms with E-state index in [1.165, 1.54) is 14.0 Å². The molecule has 340 valence electrons. The maximum atomic E-state index is 14.4. The van der Waals surface area contributed by atoms with Crippen molar-refractivity contribution in [2.75, 3.05) is 27.8 Å². The van der Waals surface area contributed by atoms with E-state index < -0.39 is 108 Å². The van der Waals surface area contributed by atoms with Crippen molar-refractivity contribution in [1.29, 1.82) is 0 Å². The molecule has 16 heteroatoms. The van der Waals surface area contributed by atoms with E-state index in [0.29, 0.717) is 18.7 Å². The molecule has 0 aromatic heterocycles. The number of hydrogen-bond acceptors (Lipinski definition) is 16. The molecule has 58 heavy (non-hydrogen) atoms. The van der Waals surface area contributed by atoms with Crippen LogP contribution in [0.2, 0.25) is 0 Å². The Balaban J connectivity index is 2.28. The van der Waals surface area contributed by atoms with E-state index in [0.717, 1.165) is 0 Å². The minimum atomic E-state index is -1.97. The van der Waals surface area contributed by atoms with E-state index in [4.69, 9.17) is 38.0 Å². The molecule has 3 rings (SSSR count). The monoisotopic (exact) mass is 835 g/mol. The zero-order valence-corrected chi connectivity index (χ0v) is 38.0. The topological polar surface area (TPSA) is 208 Å². The van der Waals surface area contributed by atoms with Crippen LogP contribution in [0.5, 0.6) is 0 Å². The highest BCUT2D eigenvalue weighted by atomic mass is 16.8. The number of carbonyl (C=O) groups is 1. The van der Waals surface area contributed by atoms with E-state index in [-0.39, 0.29) is 31.4 Å². The highest BCUT2D eigenvalue weighted by Gasteiger charge is 2.53. The molecule has 0 saturated carbocycles. The van der Waals surface area contributed by atoms with Crippen LogP contribution < -0.4 is 0 Å². The van der Waals surface area contributed by atoms with Gasteiger partial charge < -0.3 is 68.4 Å². The van der Waals surface area contributed by atoms with Crippen LogP contribution in [0.1, 0.15) is 116 Å². The first-order valence-corrected chi connectivity index (χ1v) is 21.1. The largest absolute Gasteiger partial charge is 0.459 e. The van der Waals surface area contributed by atoms with Gasteiger partial charge in [-0.05, 0) is 81.8 Å². The van der Waals surface area contributed by atoms with Crippen LogP contribution in [0, 0.1) is 23.7 Å². The zero-order chi connectivity index (χ0) is 44.3. The summed E-state index contributed by atoms with van der Waals surface area (Å²) in [6, 6.07) is -0.326. The summed E-state index contributed by atoms with van der Waals surface area (Å²) in [5.74, 6) is -5.29. The molecule has 0 aliphatic carbocycles. The third-order valence-electron chi connectivity index (χ3n) is 12.7. The van der Waals surface area contributed by atoms with E-state index in [1.54, 1.807) is 62.3 Å². The Morgan fingerprint density at radius 2 is 1.53 bits per heavy atom. The molecule has 16 nitrogen and oxygen atoms in total. The number of aliphatic hydroxyl groups is 5. The number of esters is 1. The number of rotatable bonds is 11. The molecular weight excluding hydrogens is 756 g/mol. The number of carbonyl (C=O) groups excluding carboxylic acids is 1. The van der Waals surface area contributed by atoms with Gasteiger partial charge in [-0.3, -0.25) is 4.79 Å². The van der Waals surface area contributed by atoms with Crippen molar-refractivity contribution in [3.63, 3.8) is 0 Å². The molecule has 0 aromatic rings. The summed E-state index contributed by atoms with van der Waals surface area (Å²) in [4.78, 5) is 22.2. The fourth-order valence-corrected chi connectivity index (χ4v) is 9.13. The standard InChI is InChI=1S/C42H78N2O14/c1-17-29-42(13,50)34(46)24(5)31(43-58-39(9,10)52-18-2)22(3)20-40(11,49)36(57-38-32(45)28(44(14)15)19-23(4)53-38)25(6)33(26(7)37(48)55-29)56-30-21-41(12,51-16)35(47)27(8)54-30/h22-30,32-36,38,45-47,49-50H,17-21H2,1-16H3/t22-,23-,24+,25+,26-,27+,28+,29-,30+,32-,33+,34-,35+,36-,38+,40-,41-,42-/m1/s1. The molecule has 18 atom stereocenters. The number of oxime groups is 1. The lowest BCUT2D eigenvalue weighted by molar-refractivity contribution is -0.318. The number of nitrogens with zero attached hydrogens (tertiary/aromatic N) is 2. The molecule has 3 saturated heterocycles. The molecule has 0 amide bonds. The van der Waals surface area contributed by atoms with Gasteiger partial charge in [-0.1, -0.05) is 32.9 Å². The van der Waals surface area contributed by atoms with Gasteiger partial charge in [0.15, 0.2) is 12.6 Å². The first kappa shape index (κ1) is 50.8. The Morgan fingerprint density at radius 1 is 0.914 bits per heavy atom. The average Bonchev–Trinajstić information content (AvgIpc) is 3.13. The summed E-state index contributed by atoms with van der Waals surface area (Å²) in [7, 11) is 5.23. The van der Waals surface area contributed by atoms with Crippen molar-refractivity contribution < 1.29 is 68.3 Å². The maximum Gasteiger partial charge on any atom is 0.311 e. The van der Waals surface area contributed by atoms with E-state index in [2.05, 4.69) is 5.16 Å². The van der Waals surface area contributed by atoms with Crippen molar-refractivity contribution in [1.82, 2.24) is 4.90 Å². The third-order valence-corrected chi connectivity index (χ3v) is 12.7. The van der Waals surface area contributed by atoms with Crippen LogP contribution in [-0.2, 0) is 42.8 Å². The van der Waals surface area contributed by atoms with Gasteiger partial charge in [0.2, 0.25) is 5.79 Å². The lowest BCUT2D eigenvalue weighted by atomic mass is 9.73. The van der Waals surface area contributed by atoms with Crippen LogP contribution in [0.3, 0.4) is 0 Å². The number of hydrogen-bond donors (Lipinski definition) is 5. The average molecular weight is 835 g/mol. The summed E-state index contributed by atoms with van der Waals surface area (Å²) in [5, 5.41) is 63.9. The molecule has 3 aliphatic rings. The third kappa shape index (κ3) is 11.7. The highest BCUT2D eigenvalue weighted by molar-refractivity contribution is 5.88. The minimum absolute atomic E-state index is 0.0262. The molecule has 0 bridgehead atoms. The Bertz CT molecular complexity index is 1350. The molecule has 0 unspecified atom stereocenters. The van der Waals surface area contributed by atoms with Crippen molar-refractivity contribution in [2.24, 2.45) is 28.8 Å². The fourth-order valence-electron chi connectivity index (χ4n) is 9.13. The Labute approximate surface area is 346 Å². The van der Waals surface area contributed by atoms with Crippen LogP contribution in [-0.4, -0.2) is 160 Å². The van der Waals surface area contributed by atoms with Gasteiger partial charge in [0.05, 0.1) is 53.4 Å². The quantitative estimate of drug-likeness (QED) is 0.115. The van der Waals surface area contributed by atoms with Crippen molar-refractivity contribution >= 4 is 11.7 Å². The second-order valence-electron chi connectivity index (χ2n) is 18.5. The minimum Gasteiger partial charge on any atom is -0.459 e. The predicted octanol–water partition coefficient (Wildman–Crippen LogP) is 3.36. The predicted molar refractivity (Wildman–Crippen MR) is 215 cm³/mol. The summed E-state index contributed by atoms with van der Waals surface area (Å²) in [6.45, 7) is 22.6. The van der Waals surface area contributed by atoms with Gasteiger partial charge in [0.25, 0.3) is 0 Å². The first-order chi connectivity index (χ1) is 26.7. The molecule has 3 fully saturated rings. The number of cyclic esters (lactones) is 1. The van der Waals surface area contributed by atoms with Gasteiger partial charge in [0, 0.05) is 57.8 Å². The smallest absolute Gasteiger partial charge is 0.311 e. The summed E-state index contributed by atoms with van der Waals surface area (Å²) in [6.07, 6.45) is -9.46. The summed E-state index contributed by atoms with van der Waals surface area (Å²) >= 11 is 0. The first-order valence-electron chi connectivity index (χ1n) is 21.1. The molecule has 5 N–H and O–H groups in total. The van der Waals surface area contributed by atoms with Gasteiger partial charge in [-0.25, -0.2) is 0 Å². The molecular formula is C42H78N2O14. The van der Waals surface area contributed by atoms with Crippen LogP contribution in [0.25, 0.3) is 0 Å². The number of methoxy groups -OCH3 is 1. The Morgan fingerprint density at radius 3 is 2.09 bits per heavy atom. The molecule has 0 spiro atoms. The van der Waals surface area contributed by atoms with Crippen LogP contribution in [0.15, 0.2) is 5.16 Å². The van der Waals surface area contributed by atoms with Gasteiger partial charge in [-0.2, -0.15) is 0 Å². The van der Waals surface area contributed by atoms with Crippen molar-refractivity contribution in [3.05, 3.63) is 0 Å². The van der Waals surface area contributed by atoms with E-state index in [1.807, 2.05) is 39.8 Å². The maximum absolute atomic E-state index is 14.4. The number of aliphatic hydroxyl groups excluding tert-OH is 3. The summed E-state index contributed by atoms with van der Waals surface area (Å²) < 4.78 is 43.5. The molecule has 3 heterocycles. The zero-order valence-electron chi connectivity index (χ0n) is 38.0. The normalized spacial score (nSPS) is 46.1. The Kier molecular flexibility index (Phi) is 17.6. The lowest BCUT2D eigenvalue weighted by Gasteiger charge is -2.49. The molecule has 0 aromatic carbocycles. The number of ether oxygens (including phenoxy) is 7. The lowest BCUT2D eigenvalue weighted by Crippen LogP contribution is -2.61. The molecule has 0 radical (unpaired) electrons. The van der Waals surface area contributed by atoms with Crippen LogP contribution in [0.4, 0.5) is 0 Å². The van der Waals surface area contributed by atoms with Crippen molar-refractivity contribution in [2.45, 2.75) is 206 Å². The van der Waals surface area contributed by atoms with Gasteiger partial charge in [-0.15, -0.1) is 0 Å². The second kappa shape index (κ2) is 20.1. The fraction of sp³-hybridized carbons (Fsp3) is 0.952.